The molecule has 1 N–H and O–H groups in total. The fraction of sp³-hybridized carbons (Fsp3) is 0.389. The van der Waals surface area contributed by atoms with Crippen LogP contribution in [0.25, 0.3) is 0 Å². The van der Waals surface area contributed by atoms with Crippen molar-refractivity contribution in [2.75, 3.05) is 14.2 Å². The van der Waals surface area contributed by atoms with Crippen LogP contribution in [-0.2, 0) is 4.74 Å². The fourth-order valence-electron chi connectivity index (χ4n) is 2.14. The molecule has 1 amide bonds. The minimum Gasteiger partial charge on any atom is -0.497 e. The summed E-state index contributed by atoms with van der Waals surface area (Å²) in [7, 11) is 3.12. The van der Waals surface area contributed by atoms with Crippen LogP contribution in [0.15, 0.2) is 40.8 Å². The molecular weight excluding hydrogens is 310 g/mol. The molecule has 6 heteroatoms. The maximum absolute atomic E-state index is 12.2. The van der Waals surface area contributed by atoms with E-state index in [2.05, 4.69) is 5.32 Å². The van der Waals surface area contributed by atoms with Gasteiger partial charge in [-0.2, -0.15) is 0 Å². The van der Waals surface area contributed by atoms with Gasteiger partial charge in [-0.15, -0.1) is 0 Å². The third kappa shape index (κ3) is 4.68. The number of amides is 1. The number of carbonyl (C=O) groups is 1. The van der Waals surface area contributed by atoms with Crippen LogP contribution >= 0.6 is 0 Å². The molecular formula is C18H23NO5. The lowest BCUT2D eigenvalue weighted by Crippen LogP contribution is -2.35. The van der Waals surface area contributed by atoms with Gasteiger partial charge in [0.05, 0.1) is 14.2 Å². The normalized spacial score (nSPS) is 12.4. The van der Waals surface area contributed by atoms with Crippen molar-refractivity contribution in [2.24, 2.45) is 0 Å². The first-order valence-electron chi connectivity index (χ1n) is 7.59. The van der Waals surface area contributed by atoms with Gasteiger partial charge in [0, 0.05) is 6.07 Å². The predicted octanol–water partition coefficient (Wildman–Crippen LogP) is 3.91. The Morgan fingerprint density at radius 1 is 1.04 bits per heavy atom. The van der Waals surface area contributed by atoms with Gasteiger partial charge in [0.15, 0.2) is 0 Å². The van der Waals surface area contributed by atoms with Crippen LogP contribution in [0.1, 0.15) is 38.1 Å². The van der Waals surface area contributed by atoms with Crippen LogP contribution in [0.2, 0.25) is 0 Å². The Morgan fingerprint density at radius 3 is 2.21 bits per heavy atom. The Bertz CT molecular complexity index is 669. The van der Waals surface area contributed by atoms with Crippen molar-refractivity contribution in [1.29, 1.82) is 0 Å². The van der Waals surface area contributed by atoms with Gasteiger partial charge in [0.2, 0.25) is 0 Å². The first-order valence-corrected chi connectivity index (χ1v) is 7.59. The number of methoxy groups -OCH3 is 2. The summed E-state index contributed by atoms with van der Waals surface area (Å²) in [5, 5.41) is 2.83. The number of nitrogens with one attached hydrogen (secondary N) is 1. The smallest absolute Gasteiger partial charge is 0.408 e. The molecule has 1 aromatic carbocycles. The van der Waals surface area contributed by atoms with Gasteiger partial charge in [-0.25, -0.2) is 4.79 Å². The molecule has 2 aromatic rings. The molecule has 6 nitrogen and oxygen atoms in total. The highest BCUT2D eigenvalue weighted by molar-refractivity contribution is 5.69. The second-order valence-corrected chi connectivity index (χ2v) is 6.21. The summed E-state index contributed by atoms with van der Waals surface area (Å²) < 4.78 is 21.2. The number of furan rings is 1. The first-order chi connectivity index (χ1) is 11.3. The molecule has 1 heterocycles. The molecule has 0 saturated carbocycles. The van der Waals surface area contributed by atoms with E-state index >= 15 is 0 Å². The zero-order chi connectivity index (χ0) is 17.7. The maximum Gasteiger partial charge on any atom is 0.408 e. The zero-order valence-electron chi connectivity index (χ0n) is 14.6. The van der Waals surface area contributed by atoms with Crippen molar-refractivity contribution in [3.8, 4) is 11.7 Å². The molecule has 0 radical (unpaired) electrons. The molecule has 24 heavy (non-hydrogen) atoms. The third-order valence-electron chi connectivity index (χ3n) is 3.20. The maximum atomic E-state index is 12.2. The largest absolute Gasteiger partial charge is 0.497 e. The molecule has 0 aliphatic heterocycles. The van der Waals surface area contributed by atoms with Crippen LogP contribution in [0.5, 0.6) is 11.7 Å². The van der Waals surface area contributed by atoms with E-state index in [9.17, 15) is 4.79 Å². The Labute approximate surface area is 141 Å². The summed E-state index contributed by atoms with van der Waals surface area (Å²) in [6.45, 7) is 5.43. The quantitative estimate of drug-likeness (QED) is 0.898. The molecule has 1 unspecified atom stereocenters. The fourth-order valence-corrected chi connectivity index (χ4v) is 2.14. The standard InChI is InChI=1S/C18H23NO5/c1-18(2,3)24-17(20)19-16(14-10-11-15(22-5)23-14)12-6-8-13(21-4)9-7-12/h6-11,16H,1-5H3,(H,19,20). The van der Waals surface area contributed by atoms with Crippen molar-refractivity contribution < 1.29 is 23.4 Å². The van der Waals surface area contributed by atoms with E-state index in [1.165, 1.54) is 7.11 Å². The number of rotatable bonds is 5. The molecule has 0 spiro atoms. The van der Waals surface area contributed by atoms with Gasteiger partial charge < -0.3 is 23.9 Å². The lowest BCUT2D eigenvalue weighted by Gasteiger charge is -2.23. The topological polar surface area (TPSA) is 69.9 Å². The molecule has 1 aromatic heterocycles. The van der Waals surface area contributed by atoms with E-state index < -0.39 is 17.7 Å². The summed E-state index contributed by atoms with van der Waals surface area (Å²) in [6, 6.07) is 10.3. The molecule has 0 saturated heterocycles. The summed E-state index contributed by atoms with van der Waals surface area (Å²) in [5.74, 6) is 1.64. The van der Waals surface area contributed by atoms with Crippen LogP contribution in [0.4, 0.5) is 4.79 Å². The minimum atomic E-state index is -0.588. The van der Waals surface area contributed by atoms with Crippen LogP contribution in [0, 0.1) is 0 Å². The number of ether oxygens (including phenoxy) is 3. The molecule has 1 atom stereocenters. The SMILES string of the molecule is COc1ccc(C(NC(=O)OC(C)(C)C)c2ccc(OC)o2)cc1. The van der Waals surface area contributed by atoms with E-state index in [4.69, 9.17) is 18.6 Å². The van der Waals surface area contributed by atoms with E-state index in [0.29, 0.717) is 11.7 Å². The molecule has 2 rings (SSSR count). The lowest BCUT2D eigenvalue weighted by molar-refractivity contribution is 0.0506. The van der Waals surface area contributed by atoms with Gasteiger partial charge in [-0.1, -0.05) is 12.1 Å². The van der Waals surface area contributed by atoms with Gasteiger partial charge >= 0.3 is 6.09 Å². The Balaban J connectivity index is 2.28. The average Bonchev–Trinajstić information content (AvgIpc) is 3.00. The summed E-state index contributed by atoms with van der Waals surface area (Å²) >= 11 is 0. The van der Waals surface area contributed by atoms with Crippen molar-refractivity contribution >= 4 is 6.09 Å². The van der Waals surface area contributed by atoms with E-state index in [-0.39, 0.29) is 0 Å². The van der Waals surface area contributed by atoms with Crippen molar-refractivity contribution in [3.05, 3.63) is 47.7 Å². The molecule has 0 fully saturated rings. The minimum absolute atomic E-state index is 0.370. The van der Waals surface area contributed by atoms with Gasteiger partial charge in [0.1, 0.15) is 23.2 Å². The average molecular weight is 333 g/mol. The van der Waals surface area contributed by atoms with Crippen molar-refractivity contribution in [1.82, 2.24) is 5.32 Å². The molecule has 0 bridgehead atoms. The highest BCUT2D eigenvalue weighted by Crippen LogP contribution is 2.28. The zero-order valence-corrected chi connectivity index (χ0v) is 14.6. The number of alkyl carbamates (subject to hydrolysis) is 1. The van der Waals surface area contributed by atoms with E-state index in [0.717, 1.165) is 11.3 Å². The Morgan fingerprint density at radius 2 is 1.71 bits per heavy atom. The van der Waals surface area contributed by atoms with Gasteiger partial charge in [0.25, 0.3) is 5.95 Å². The number of hydrogen-bond acceptors (Lipinski definition) is 5. The van der Waals surface area contributed by atoms with Crippen LogP contribution < -0.4 is 14.8 Å². The molecule has 130 valence electrons. The van der Waals surface area contributed by atoms with E-state index in [1.807, 2.05) is 45.0 Å². The van der Waals surface area contributed by atoms with Crippen molar-refractivity contribution in [3.63, 3.8) is 0 Å². The predicted molar refractivity (Wildman–Crippen MR) is 89.5 cm³/mol. The van der Waals surface area contributed by atoms with Crippen LogP contribution in [0.3, 0.4) is 0 Å². The lowest BCUT2D eigenvalue weighted by atomic mass is 10.0. The Hall–Kier alpha value is -2.63. The second kappa shape index (κ2) is 7.29. The second-order valence-electron chi connectivity index (χ2n) is 6.21. The van der Waals surface area contributed by atoms with Crippen molar-refractivity contribution in [2.45, 2.75) is 32.4 Å². The molecule has 0 aliphatic carbocycles. The van der Waals surface area contributed by atoms with Gasteiger partial charge in [-0.05, 0) is 44.5 Å². The first kappa shape index (κ1) is 17.7. The summed E-state index contributed by atoms with van der Waals surface area (Å²) in [4.78, 5) is 12.2. The highest BCUT2D eigenvalue weighted by atomic mass is 16.6. The summed E-state index contributed by atoms with van der Waals surface area (Å²) in [6.07, 6.45) is -0.529. The third-order valence-corrected chi connectivity index (χ3v) is 3.20. The number of carbonyl (C=O) groups excluding carboxylic acids is 1. The van der Waals surface area contributed by atoms with Crippen LogP contribution in [-0.4, -0.2) is 25.9 Å². The monoisotopic (exact) mass is 333 g/mol. The molecule has 0 aliphatic rings. The Kier molecular flexibility index (Phi) is 5.39. The highest BCUT2D eigenvalue weighted by Gasteiger charge is 2.24. The number of benzene rings is 1. The van der Waals surface area contributed by atoms with E-state index in [1.54, 1.807) is 19.2 Å². The van der Waals surface area contributed by atoms with Gasteiger partial charge in [-0.3, -0.25) is 0 Å². The number of hydrogen-bond donors (Lipinski definition) is 1. The summed E-state index contributed by atoms with van der Waals surface area (Å²) in [5.41, 5.74) is 0.244.